The van der Waals surface area contributed by atoms with Gasteiger partial charge in [0.05, 0.1) is 20.9 Å². The first-order valence-corrected chi connectivity index (χ1v) is 14.7. The van der Waals surface area contributed by atoms with Gasteiger partial charge in [-0.25, -0.2) is 26.0 Å². The minimum Gasteiger partial charge on any atom is -0.386 e. The van der Waals surface area contributed by atoms with Crippen molar-refractivity contribution in [3.63, 3.8) is 0 Å². The van der Waals surface area contributed by atoms with Crippen LogP contribution >= 0.6 is 11.6 Å². The summed E-state index contributed by atoms with van der Waals surface area (Å²) in [7, 11) is -4.17. The molecule has 3 aromatic rings. The number of benzene rings is 2. The number of aromatic nitrogens is 1. The Bertz CT molecular complexity index is 1590. The number of fused-ring (bicyclic) bond motifs is 2. The zero-order valence-electron chi connectivity index (χ0n) is 21.3. The maximum Gasteiger partial charge on any atom is 0.265 e. The second kappa shape index (κ2) is 11.0. The molecule has 2 aliphatic carbocycles. The smallest absolute Gasteiger partial charge is 0.265 e. The molecule has 7 nitrogen and oxygen atoms in total. The van der Waals surface area contributed by atoms with Crippen molar-refractivity contribution in [3.05, 3.63) is 88.2 Å². The molecule has 0 radical (unpaired) electrons. The van der Waals surface area contributed by atoms with Crippen molar-refractivity contribution in [1.29, 1.82) is 0 Å². The van der Waals surface area contributed by atoms with Gasteiger partial charge >= 0.3 is 0 Å². The van der Waals surface area contributed by atoms with E-state index >= 15 is 0 Å². The largest absolute Gasteiger partial charge is 0.386 e. The van der Waals surface area contributed by atoms with Crippen molar-refractivity contribution < 1.29 is 41.0 Å². The third-order valence-electron chi connectivity index (χ3n) is 8.19. The Labute approximate surface area is 238 Å². The first-order chi connectivity index (χ1) is 19.3. The summed E-state index contributed by atoms with van der Waals surface area (Å²) in [4.78, 5) is 16.4. The highest BCUT2D eigenvalue weighted by Gasteiger charge is 2.60. The van der Waals surface area contributed by atoms with Crippen molar-refractivity contribution in [1.82, 2.24) is 4.98 Å². The van der Waals surface area contributed by atoms with E-state index in [4.69, 9.17) is 11.6 Å². The molecule has 13 heteroatoms. The monoisotopic (exact) mass is 612 g/mol. The number of sulfone groups is 1. The van der Waals surface area contributed by atoms with Crippen molar-refractivity contribution in [2.24, 2.45) is 11.8 Å². The van der Waals surface area contributed by atoms with E-state index in [1.54, 1.807) is 0 Å². The van der Waals surface area contributed by atoms with Crippen LogP contribution in [0.4, 0.5) is 23.2 Å². The van der Waals surface area contributed by atoms with E-state index in [2.05, 4.69) is 10.3 Å². The Morgan fingerprint density at radius 2 is 1.73 bits per heavy atom. The molecule has 2 saturated carbocycles. The molecule has 5 atom stereocenters. The fraction of sp³-hybridized carbons (Fsp3) is 0.357. The molecular weight excluding hydrogens is 588 g/mol. The van der Waals surface area contributed by atoms with E-state index in [9.17, 15) is 41.0 Å². The number of carbonyl (C=O) groups is 1. The average Bonchev–Trinajstić information content (AvgIpc) is 3.10. The van der Waals surface area contributed by atoms with Gasteiger partial charge in [0, 0.05) is 29.1 Å². The van der Waals surface area contributed by atoms with Crippen LogP contribution in [0.1, 0.15) is 59.8 Å². The van der Waals surface area contributed by atoms with Crippen LogP contribution in [0.3, 0.4) is 0 Å². The normalized spacial score (nSPS) is 24.8. The molecule has 2 fully saturated rings. The Morgan fingerprint density at radius 1 is 1.05 bits per heavy atom. The summed E-state index contributed by atoms with van der Waals surface area (Å²) in [5, 5.41) is 24.0. The van der Waals surface area contributed by atoms with Gasteiger partial charge in [-0.2, -0.15) is 0 Å². The molecule has 3 N–H and O–H groups in total. The van der Waals surface area contributed by atoms with Crippen LogP contribution in [0.25, 0.3) is 0 Å². The van der Waals surface area contributed by atoms with Gasteiger partial charge < -0.3 is 15.5 Å². The number of pyridine rings is 1. The second-order valence-corrected chi connectivity index (χ2v) is 13.0. The predicted octanol–water partition coefficient (Wildman–Crippen LogP) is 5.63. The number of nitrogens with one attached hydrogen (secondary N) is 1. The summed E-state index contributed by atoms with van der Waals surface area (Å²) in [6, 6.07) is 8.79. The highest BCUT2D eigenvalue weighted by Crippen LogP contribution is 2.57. The van der Waals surface area contributed by atoms with Gasteiger partial charge in [-0.15, -0.1) is 0 Å². The SMILES string of the molecule is O=C(Nc1ccc(F)c(F)c1)c1ccc(Cl)c(S(=O)(=O)[C@@H]2C[C@H]3CC[C@@H](C2)[C@@]3(O)C(O)c2ncccc2C(F)F)c1. The number of aliphatic hydroxyl groups is 2. The molecule has 2 bridgehead atoms. The highest BCUT2D eigenvalue weighted by atomic mass is 35.5. The molecule has 2 aliphatic rings. The minimum absolute atomic E-state index is 0.0436. The second-order valence-electron chi connectivity index (χ2n) is 10.4. The molecule has 0 spiro atoms. The summed E-state index contributed by atoms with van der Waals surface area (Å²) in [5.74, 6) is -4.52. The summed E-state index contributed by atoms with van der Waals surface area (Å²) in [5.41, 5.74) is -2.85. The van der Waals surface area contributed by atoms with Crippen molar-refractivity contribution >= 4 is 33.0 Å². The lowest BCUT2D eigenvalue weighted by molar-refractivity contribution is -0.146. The van der Waals surface area contributed by atoms with Gasteiger partial charge in [-0.1, -0.05) is 11.6 Å². The molecule has 1 unspecified atom stereocenters. The molecule has 5 rings (SSSR count). The van der Waals surface area contributed by atoms with Crippen molar-refractivity contribution in [3.8, 4) is 0 Å². The summed E-state index contributed by atoms with van der Waals surface area (Å²) >= 11 is 6.25. The fourth-order valence-electron chi connectivity index (χ4n) is 6.12. The van der Waals surface area contributed by atoms with E-state index in [-0.39, 0.29) is 39.7 Å². The number of alkyl halides is 2. The lowest BCUT2D eigenvalue weighted by Gasteiger charge is -2.45. The molecule has 0 saturated heterocycles. The van der Waals surface area contributed by atoms with Crippen LogP contribution in [0.2, 0.25) is 5.02 Å². The third kappa shape index (κ3) is 5.22. The summed E-state index contributed by atoms with van der Waals surface area (Å²) in [6.45, 7) is 0. The zero-order valence-corrected chi connectivity index (χ0v) is 22.8. The molecule has 1 amide bonds. The molecule has 41 heavy (non-hydrogen) atoms. The van der Waals surface area contributed by atoms with E-state index < -0.39 is 68.2 Å². The molecule has 0 aliphatic heterocycles. The standard InChI is InChI=1S/C28H25ClF4N2O5S/c29-20-7-3-14(27(37)35-17-6-8-21(30)22(31)13-17)10-23(20)41(39,40)18-11-15-4-5-16(12-18)28(15,38)25(36)24-19(26(32)33)2-1-9-34-24/h1-3,6-10,13,15-16,18,25-26,36,38H,4-5,11-12H2,(H,35,37)/t15-,16+,18-,25?,28-. The van der Waals surface area contributed by atoms with Crippen LogP contribution in [0.5, 0.6) is 0 Å². The van der Waals surface area contributed by atoms with E-state index in [0.717, 1.165) is 30.3 Å². The molecule has 2 aromatic carbocycles. The Hall–Kier alpha value is -3.06. The van der Waals surface area contributed by atoms with Gasteiger partial charge in [0.2, 0.25) is 0 Å². The number of carbonyl (C=O) groups excluding carboxylic acids is 1. The summed E-state index contributed by atoms with van der Waals surface area (Å²) < 4.78 is 81.5. The number of hydrogen-bond donors (Lipinski definition) is 3. The molecule has 1 aromatic heterocycles. The number of aliphatic hydroxyl groups excluding tert-OH is 1. The van der Waals surface area contributed by atoms with Crippen LogP contribution in [-0.4, -0.2) is 40.4 Å². The topological polar surface area (TPSA) is 117 Å². The highest BCUT2D eigenvalue weighted by molar-refractivity contribution is 7.92. The number of nitrogens with zero attached hydrogens (tertiary/aromatic N) is 1. The number of amides is 1. The quantitative estimate of drug-likeness (QED) is 0.298. The Morgan fingerprint density at radius 3 is 2.37 bits per heavy atom. The van der Waals surface area contributed by atoms with Gasteiger partial charge in [0.25, 0.3) is 12.3 Å². The molecule has 218 valence electrons. The lowest BCUT2D eigenvalue weighted by atomic mass is 9.70. The van der Waals surface area contributed by atoms with Crippen LogP contribution in [-0.2, 0) is 9.84 Å². The fourth-order valence-corrected chi connectivity index (χ4v) is 8.53. The van der Waals surface area contributed by atoms with Gasteiger partial charge in [0.1, 0.15) is 11.7 Å². The number of hydrogen-bond acceptors (Lipinski definition) is 6. The Balaban J connectivity index is 1.40. The van der Waals surface area contributed by atoms with Crippen LogP contribution < -0.4 is 5.32 Å². The van der Waals surface area contributed by atoms with E-state index in [0.29, 0.717) is 12.8 Å². The lowest BCUT2D eigenvalue weighted by Crippen LogP contribution is -2.52. The number of halogens is 5. The van der Waals surface area contributed by atoms with Crippen molar-refractivity contribution in [2.45, 2.75) is 54.0 Å². The first-order valence-electron chi connectivity index (χ1n) is 12.8. The van der Waals surface area contributed by atoms with Crippen LogP contribution in [0.15, 0.2) is 59.6 Å². The van der Waals surface area contributed by atoms with Gasteiger partial charge in [-0.05, 0) is 80.0 Å². The van der Waals surface area contributed by atoms with E-state index in [1.165, 1.54) is 24.4 Å². The first kappa shape index (κ1) is 29.4. The van der Waals surface area contributed by atoms with Gasteiger partial charge in [-0.3, -0.25) is 9.78 Å². The average molecular weight is 613 g/mol. The number of anilines is 1. The van der Waals surface area contributed by atoms with Crippen LogP contribution in [0, 0.1) is 23.5 Å². The van der Waals surface area contributed by atoms with Crippen molar-refractivity contribution in [2.75, 3.05) is 5.32 Å². The molecular formula is C28H25ClF4N2O5S. The third-order valence-corrected chi connectivity index (χ3v) is 10.8. The minimum atomic E-state index is -4.17. The molecule has 1 heterocycles. The van der Waals surface area contributed by atoms with E-state index in [1.807, 2.05) is 0 Å². The summed E-state index contributed by atoms with van der Waals surface area (Å²) in [6.07, 6.45) is -2.86. The van der Waals surface area contributed by atoms with Gasteiger partial charge in [0.15, 0.2) is 21.5 Å². The maximum absolute atomic E-state index is 13.8. The Kier molecular flexibility index (Phi) is 7.88. The zero-order chi connectivity index (χ0) is 29.7. The predicted molar refractivity (Wildman–Crippen MR) is 141 cm³/mol. The number of rotatable bonds is 7. The maximum atomic E-state index is 13.8.